The molecule has 3 N–H and O–H groups in total. The Morgan fingerprint density at radius 3 is 2.28 bits per heavy atom. The van der Waals surface area contributed by atoms with Crippen molar-refractivity contribution >= 4 is 28.7 Å². The first-order valence-electron chi connectivity index (χ1n) is 5.87. The number of aryl methyl sites for hydroxylation is 3. The Hall–Kier alpha value is -1.67. The maximum atomic E-state index is 6.11. The van der Waals surface area contributed by atoms with Gasteiger partial charge < -0.3 is 11.1 Å². The van der Waals surface area contributed by atoms with Crippen LogP contribution in [0.1, 0.15) is 16.7 Å². The topological polar surface area (TPSA) is 38.0 Å². The van der Waals surface area contributed by atoms with Crippen molar-refractivity contribution in [3.8, 4) is 0 Å². The molecule has 0 saturated carbocycles. The summed E-state index contributed by atoms with van der Waals surface area (Å²) in [4.78, 5) is 0. The van der Waals surface area contributed by atoms with Crippen LogP contribution in [0.2, 0.25) is 5.02 Å². The number of hydrogen-bond acceptors (Lipinski definition) is 2. The monoisotopic (exact) mass is 260 g/mol. The third kappa shape index (κ3) is 2.59. The van der Waals surface area contributed by atoms with Gasteiger partial charge in [-0.05, 0) is 61.7 Å². The SMILES string of the molecule is Cc1cc(N)c(Nc2ccc(C)c(Cl)c2)cc1C. The van der Waals surface area contributed by atoms with Crippen LogP contribution in [-0.4, -0.2) is 0 Å². The van der Waals surface area contributed by atoms with Gasteiger partial charge in [0.05, 0.1) is 11.4 Å². The summed E-state index contributed by atoms with van der Waals surface area (Å²) in [5, 5.41) is 4.05. The van der Waals surface area contributed by atoms with Crippen LogP contribution in [0.4, 0.5) is 17.1 Å². The minimum atomic E-state index is 0.745. The normalized spacial score (nSPS) is 10.4. The Morgan fingerprint density at radius 1 is 0.944 bits per heavy atom. The summed E-state index contributed by atoms with van der Waals surface area (Å²) < 4.78 is 0. The first-order valence-corrected chi connectivity index (χ1v) is 6.25. The van der Waals surface area contributed by atoms with Gasteiger partial charge in [0.2, 0.25) is 0 Å². The average Bonchev–Trinajstić information content (AvgIpc) is 2.31. The molecule has 0 unspecified atom stereocenters. The molecule has 0 aliphatic heterocycles. The second kappa shape index (κ2) is 4.91. The fourth-order valence-electron chi connectivity index (χ4n) is 1.77. The highest BCUT2D eigenvalue weighted by atomic mass is 35.5. The number of nitrogens with two attached hydrogens (primary N) is 1. The molecule has 0 aromatic heterocycles. The van der Waals surface area contributed by atoms with Crippen molar-refractivity contribution in [2.75, 3.05) is 11.1 Å². The summed E-state index contributed by atoms with van der Waals surface area (Å²) in [6, 6.07) is 9.93. The molecule has 0 saturated heterocycles. The third-order valence-corrected chi connectivity index (χ3v) is 3.52. The first kappa shape index (κ1) is 12.8. The number of anilines is 3. The summed E-state index contributed by atoms with van der Waals surface area (Å²) in [5.41, 5.74) is 12.1. The van der Waals surface area contributed by atoms with Crippen LogP contribution in [0.5, 0.6) is 0 Å². The van der Waals surface area contributed by atoms with Gasteiger partial charge >= 0.3 is 0 Å². The van der Waals surface area contributed by atoms with Crippen molar-refractivity contribution in [3.63, 3.8) is 0 Å². The van der Waals surface area contributed by atoms with Gasteiger partial charge in [-0.25, -0.2) is 0 Å². The molecule has 0 radical (unpaired) electrons. The lowest BCUT2D eigenvalue weighted by Gasteiger charge is -2.12. The van der Waals surface area contributed by atoms with Gasteiger partial charge in [0.1, 0.15) is 0 Å². The number of nitrogen functional groups attached to an aromatic ring is 1. The molecule has 2 nitrogen and oxygen atoms in total. The number of rotatable bonds is 2. The standard InChI is InChI=1S/C15H17ClN2/c1-9-4-5-12(8-13(9)16)18-15-7-11(3)10(2)6-14(15)17/h4-8,18H,17H2,1-3H3. The summed E-state index contributed by atoms with van der Waals surface area (Å²) >= 11 is 6.11. The Kier molecular flexibility index (Phi) is 3.48. The van der Waals surface area contributed by atoms with Crippen LogP contribution in [0, 0.1) is 20.8 Å². The summed E-state index contributed by atoms with van der Waals surface area (Å²) in [6.45, 7) is 6.11. The van der Waals surface area contributed by atoms with E-state index in [1.807, 2.05) is 31.2 Å². The average molecular weight is 261 g/mol. The molecule has 2 aromatic rings. The lowest BCUT2D eigenvalue weighted by atomic mass is 10.1. The number of halogens is 1. The lowest BCUT2D eigenvalue weighted by Crippen LogP contribution is -1.98. The first-order chi connectivity index (χ1) is 8.47. The van der Waals surface area contributed by atoms with Gasteiger partial charge in [-0.2, -0.15) is 0 Å². The molecule has 0 spiro atoms. The molecule has 0 amide bonds. The van der Waals surface area contributed by atoms with E-state index in [1.54, 1.807) is 0 Å². The molecule has 0 fully saturated rings. The quantitative estimate of drug-likeness (QED) is 0.775. The van der Waals surface area contributed by atoms with Crippen molar-refractivity contribution < 1.29 is 0 Å². The molecule has 2 rings (SSSR count). The van der Waals surface area contributed by atoms with Gasteiger partial charge in [-0.3, -0.25) is 0 Å². The molecule has 18 heavy (non-hydrogen) atoms. The molecule has 0 aliphatic rings. The zero-order chi connectivity index (χ0) is 13.3. The zero-order valence-corrected chi connectivity index (χ0v) is 11.6. The van der Waals surface area contributed by atoms with E-state index in [1.165, 1.54) is 11.1 Å². The lowest BCUT2D eigenvalue weighted by molar-refractivity contribution is 1.34. The predicted molar refractivity (Wildman–Crippen MR) is 79.8 cm³/mol. The Balaban J connectivity index is 2.34. The molecular weight excluding hydrogens is 244 g/mol. The van der Waals surface area contributed by atoms with E-state index in [-0.39, 0.29) is 0 Å². The van der Waals surface area contributed by atoms with Gasteiger partial charge in [0, 0.05) is 10.7 Å². The van der Waals surface area contributed by atoms with Crippen LogP contribution < -0.4 is 11.1 Å². The number of hydrogen-bond donors (Lipinski definition) is 2. The summed E-state index contributed by atoms with van der Waals surface area (Å²) in [5.74, 6) is 0. The summed E-state index contributed by atoms with van der Waals surface area (Å²) in [7, 11) is 0. The second-order valence-corrected chi connectivity index (χ2v) is 5.02. The molecule has 0 bridgehead atoms. The Morgan fingerprint density at radius 2 is 1.61 bits per heavy atom. The van der Waals surface area contributed by atoms with Gasteiger partial charge in [-0.1, -0.05) is 17.7 Å². The Labute approximate surface area is 113 Å². The summed E-state index contributed by atoms with van der Waals surface area (Å²) in [6.07, 6.45) is 0. The fourth-order valence-corrected chi connectivity index (χ4v) is 1.95. The van der Waals surface area contributed by atoms with Crippen LogP contribution in [0.15, 0.2) is 30.3 Å². The number of nitrogens with one attached hydrogen (secondary N) is 1. The van der Waals surface area contributed by atoms with Crippen LogP contribution in [-0.2, 0) is 0 Å². The van der Waals surface area contributed by atoms with Gasteiger partial charge in [-0.15, -0.1) is 0 Å². The number of benzene rings is 2. The largest absolute Gasteiger partial charge is 0.397 e. The van der Waals surface area contributed by atoms with Crippen LogP contribution in [0.25, 0.3) is 0 Å². The second-order valence-electron chi connectivity index (χ2n) is 4.61. The Bertz CT molecular complexity index is 591. The van der Waals surface area contributed by atoms with E-state index in [4.69, 9.17) is 17.3 Å². The highest BCUT2D eigenvalue weighted by Crippen LogP contribution is 2.28. The maximum absolute atomic E-state index is 6.11. The molecule has 0 atom stereocenters. The van der Waals surface area contributed by atoms with Crippen molar-refractivity contribution in [1.29, 1.82) is 0 Å². The van der Waals surface area contributed by atoms with Gasteiger partial charge in [0.15, 0.2) is 0 Å². The van der Waals surface area contributed by atoms with Crippen LogP contribution in [0.3, 0.4) is 0 Å². The zero-order valence-electron chi connectivity index (χ0n) is 10.8. The highest BCUT2D eigenvalue weighted by Gasteiger charge is 2.04. The van der Waals surface area contributed by atoms with E-state index in [2.05, 4.69) is 25.2 Å². The van der Waals surface area contributed by atoms with Crippen LogP contribution >= 0.6 is 11.6 Å². The van der Waals surface area contributed by atoms with Crippen molar-refractivity contribution in [2.24, 2.45) is 0 Å². The molecule has 3 heteroatoms. The fraction of sp³-hybridized carbons (Fsp3) is 0.200. The minimum Gasteiger partial charge on any atom is -0.397 e. The third-order valence-electron chi connectivity index (χ3n) is 3.12. The molecule has 94 valence electrons. The van der Waals surface area contributed by atoms with E-state index in [9.17, 15) is 0 Å². The van der Waals surface area contributed by atoms with E-state index in [0.717, 1.165) is 27.6 Å². The van der Waals surface area contributed by atoms with Crippen molar-refractivity contribution in [1.82, 2.24) is 0 Å². The molecule has 0 heterocycles. The molecule has 2 aromatic carbocycles. The van der Waals surface area contributed by atoms with Crippen molar-refractivity contribution in [2.45, 2.75) is 20.8 Å². The highest BCUT2D eigenvalue weighted by molar-refractivity contribution is 6.31. The van der Waals surface area contributed by atoms with E-state index in [0.29, 0.717) is 0 Å². The van der Waals surface area contributed by atoms with E-state index < -0.39 is 0 Å². The minimum absolute atomic E-state index is 0.745. The molecule has 0 aliphatic carbocycles. The van der Waals surface area contributed by atoms with Crippen molar-refractivity contribution in [3.05, 3.63) is 52.0 Å². The predicted octanol–water partition coefficient (Wildman–Crippen LogP) is 4.59. The molecular formula is C15H17ClN2. The smallest absolute Gasteiger partial charge is 0.0620 e. The maximum Gasteiger partial charge on any atom is 0.0620 e. The van der Waals surface area contributed by atoms with Gasteiger partial charge in [0.25, 0.3) is 0 Å². The van der Waals surface area contributed by atoms with E-state index >= 15 is 0 Å².